The molecule has 22 heavy (non-hydrogen) atoms. The van der Waals surface area contributed by atoms with Gasteiger partial charge in [-0.05, 0) is 55.3 Å². The molecule has 3 aliphatic rings. The summed E-state index contributed by atoms with van der Waals surface area (Å²) in [6, 6.07) is 3.80. The zero-order valence-electron chi connectivity index (χ0n) is 12.1. The predicted octanol–water partition coefficient (Wildman–Crippen LogP) is 4.09. The number of piperidine rings is 3. The smallest absolute Gasteiger partial charge is 0.173 e. The highest BCUT2D eigenvalue weighted by molar-refractivity contribution is 7.20. The lowest BCUT2D eigenvalue weighted by Crippen LogP contribution is -2.47. The molecule has 0 N–H and O–H groups in total. The van der Waals surface area contributed by atoms with E-state index in [0.717, 1.165) is 37.0 Å². The molecule has 0 aliphatic carbocycles. The molecular formula is C17H17F2NOS. The second kappa shape index (κ2) is 5.39. The predicted molar refractivity (Wildman–Crippen MR) is 83.3 cm³/mol. The number of carbonyl (C=O) groups is 1. The van der Waals surface area contributed by atoms with Crippen molar-refractivity contribution in [3.05, 3.63) is 34.7 Å². The second-order valence-electron chi connectivity index (χ2n) is 6.44. The Hall–Kier alpha value is -1.33. The van der Waals surface area contributed by atoms with Gasteiger partial charge in [-0.25, -0.2) is 8.78 Å². The van der Waals surface area contributed by atoms with Crippen LogP contribution in [0.15, 0.2) is 18.2 Å². The lowest BCUT2D eigenvalue weighted by molar-refractivity contribution is 0.0442. The Morgan fingerprint density at radius 2 is 2.00 bits per heavy atom. The highest BCUT2D eigenvalue weighted by atomic mass is 32.1. The van der Waals surface area contributed by atoms with E-state index < -0.39 is 11.6 Å². The number of carbonyl (C=O) groups excluding carboxylic acids is 1. The Bertz CT molecular complexity index is 734. The third-order valence-electron chi connectivity index (χ3n) is 5.05. The van der Waals surface area contributed by atoms with E-state index in [-0.39, 0.29) is 5.78 Å². The van der Waals surface area contributed by atoms with Crippen LogP contribution in [-0.4, -0.2) is 30.3 Å². The minimum atomic E-state index is -0.598. The van der Waals surface area contributed by atoms with Gasteiger partial charge in [-0.15, -0.1) is 11.3 Å². The summed E-state index contributed by atoms with van der Waals surface area (Å²) in [5.41, 5.74) is 0. The summed E-state index contributed by atoms with van der Waals surface area (Å²) in [6.07, 6.45) is 2.90. The van der Waals surface area contributed by atoms with E-state index in [9.17, 15) is 13.6 Å². The largest absolute Gasteiger partial charge is 0.303 e. The number of ketones is 1. The highest BCUT2D eigenvalue weighted by Gasteiger charge is 2.35. The van der Waals surface area contributed by atoms with Gasteiger partial charge in [-0.1, -0.05) is 0 Å². The average molecular weight is 321 g/mol. The van der Waals surface area contributed by atoms with Gasteiger partial charge in [0.2, 0.25) is 0 Å². The summed E-state index contributed by atoms with van der Waals surface area (Å²) < 4.78 is 27.4. The third-order valence-corrected chi connectivity index (χ3v) is 6.25. The van der Waals surface area contributed by atoms with Gasteiger partial charge in [0.15, 0.2) is 5.78 Å². The molecule has 1 aromatic heterocycles. The zero-order valence-corrected chi connectivity index (χ0v) is 13.0. The molecule has 1 aromatic carbocycles. The van der Waals surface area contributed by atoms with Gasteiger partial charge >= 0.3 is 0 Å². The van der Waals surface area contributed by atoms with Crippen LogP contribution in [0, 0.1) is 23.5 Å². The van der Waals surface area contributed by atoms with E-state index in [1.807, 2.05) is 0 Å². The number of rotatable bonds is 3. The van der Waals surface area contributed by atoms with Crippen molar-refractivity contribution >= 4 is 27.2 Å². The fourth-order valence-corrected chi connectivity index (χ4v) is 4.87. The summed E-state index contributed by atoms with van der Waals surface area (Å²) in [5.74, 6) is -0.0415. The van der Waals surface area contributed by atoms with E-state index in [1.54, 1.807) is 6.07 Å². The van der Waals surface area contributed by atoms with Crippen LogP contribution in [0.1, 0.15) is 28.9 Å². The third kappa shape index (κ3) is 2.46. The number of fused-ring (bicyclic) bond motifs is 4. The van der Waals surface area contributed by atoms with Gasteiger partial charge in [0, 0.05) is 19.0 Å². The standard InChI is InChI=1S/C17H17F2NOS/c18-13-5-11-7-16(22-17(11)14(19)8-13)15(21)6-12-9-20-3-1-10(12)2-4-20/h5,7-8,10,12H,1-4,6,9H2/t12-/m1/s1. The molecule has 116 valence electrons. The number of halogens is 2. The van der Waals surface area contributed by atoms with Crippen molar-refractivity contribution in [1.82, 2.24) is 4.90 Å². The molecule has 2 nitrogen and oxygen atoms in total. The maximum absolute atomic E-state index is 13.8. The van der Waals surface area contributed by atoms with Gasteiger partial charge in [-0.2, -0.15) is 0 Å². The normalized spacial score (nSPS) is 27.5. The molecule has 0 radical (unpaired) electrons. The molecule has 3 saturated heterocycles. The molecule has 3 aliphatic heterocycles. The molecule has 0 saturated carbocycles. The van der Waals surface area contributed by atoms with Crippen LogP contribution in [0.4, 0.5) is 8.78 Å². The van der Waals surface area contributed by atoms with Gasteiger partial charge in [0.25, 0.3) is 0 Å². The molecule has 1 atom stereocenters. The molecule has 0 amide bonds. The van der Waals surface area contributed by atoms with Crippen LogP contribution in [-0.2, 0) is 0 Å². The van der Waals surface area contributed by atoms with Crippen molar-refractivity contribution in [3.8, 4) is 0 Å². The van der Waals surface area contributed by atoms with Crippen molar-refractivity contribution in [1.29, 1.82) is 0 Å². The van der Waals surface area contributed by atoms with Crippen molar-refractivity contribution in [3.63, 3.8) is 0 Å². The first-order chi connectivity index (χ1) is 10.6. The SMILES string of the molecule is O=C(C[C@@H]1CN2CCC1CC2)c1cc2cc(F)cc(F)c2s1. The maximum atomic E-state index is 13.8. The second-order valence-corrected chi connectivity index (χ2v) is 7.49. The topological polar surface area (TPSA) is 20.3 Å². The van der Waals surface area contributed by atoms with Gasteiger partial charge in [0.05, 0.1) is 9.58 Å². The first kappa shape index (κ1) is 14.3. The molecule has 0 spiro atoms. The molecule has 4 heterocycles. The average Bonchev–Trinajstić information content (AvgIpc) is 2.93. The molecule has 5 heteroatoms. The quantitative estimate of drug-likeness (QED) is 0.794. The number of thiophene rings is 1. The summed E-state index contributed by atoms with van der Waals surface area (Å²) in [5, 5.41) is 0.486. The molecule has 2 bridgehead atoms. The van der Waals surface area contributed by atoms with E-state index in [1.165, 1.54) is 18.9 Å². The molecular weight excluding hydrogens is 304 g/mol. The number of hydrogen-bond donors (Lipinski definition) is 0. The van der Waals surface area contributed by atoms with Gasteiger partial charge in [-0.3, -0.25) is 4.79 Å². The lowest BCUT2D eigenvalue weighted by Gasteiger charge is -2.44. The minimum Gasteiger partial charge on any atom is -0.303 e. The fourth-order valence-electron chi connectivity index (χ4n) is 3.87. The number of Topliss-reactive ketones (excluding diaryl/α,β-unsaturated/α-hetero) is 1. The molecule has 3 fully saturated rings. The van der Waals surface area contributed by atoms with E-state index in [0.29, 0.717) is 33.2 Å². The Kier molecular flexibility index (Phi) is 3.50. The Labute approximate surface area is 131 Å². The highest BCUT2D eigenvalue weighted by Crippen LogP contribution is 2.36. The molecule has 2 aromatic rings. The minimum absolute atomic E-state index is 0.0692. The number of nitrogens with zero attached hydrogens (tertiary/aromatic N) is 1. The summed E-state index contributed by atoms with van der Waals surface area (Å²) in [7, 11) is 0. The fraction of sp³-hybridized carbons (Fsp3) is 0.471. The van der Waals surface area contributed by atoms with Crippen LogP contribution < -0.4 is 0 Å². The summed E-state index contributed by atoms with van der Waals surface area (Å²) >= 11 is 1.14. The van der Waals surface area contributed by atoms with Crippen LogP contribution >= 0.6 is 11.3 Å². The Morgan fingerprint density at radius 1 is 1.23 bits per heavy atom. The van der Waals surface area contributed by atoms with Gasteiger partial charge < -0.3 is 4.90 Å². The van der Waals surface area contributed by atoms with Crippen molar-refractivity contribution < 1.29 is 13.6 Å². The maximum Gasteiger partial charge on any atom is 0.173 e. The lowest BCUT2D eigenvalue weighted by atomic mass is 9.76. The Morgan fingerprint density at radius 3 is 2.68 bits per heavy atom. The van der Waals surface area contributed by atoms with Gasteiger partial charge in [0.1, 0.15) is 11.6 Å². The molecule has 0 unspecified atom stereocenters. The summed E-state index contributed by atoms with van der Waals surface area (Å²) in [4.78, 5) is 15.5. The number of benzene rings is 1. The zero-order chi connectivity index (χ0) is 15.3. The van der Waals surface area contributed by atoms with Crippen molar-refractivity contribution in [2.45, 2.75) is 19.3 Å². The van der Waals surface area contributed by atoms with Crippen LogP contribution in [0.3, 0.4) is 0 Å². The van der Waals surface area contributed by atoms with Crippen molar-refractivity contribution in [2.24, 2.45) is 11.8 Å². The first-order valence-electron chi connectivity index (χ1n) is 7.74. The van der Waals surface area contributed by atoms with E-state index in [4.69, 9.17) is 0 Å². The van der Waals surface area contributed by atoms with E-state index >= 15 is 0 Å². The monoisotopic (exact) mass is 321 g/mol. The van der Waals surface area contributed by atoms with Crippen LogP contribution in [0.25, 0.3) is 10.1 Å². The molecule has 5 rings (SSSR count). The summed E-state index contributed by atoms with van der Waals surface area (Å²) in [6.45, 7) is 3.32. The van der Waals surface area contributed by atoms with Crippen molar-refractivity contribution in [2.75, 3.05) is 19.6 Å². The van der Waals surface area contributed by atoms with E-state index in [2.05, 4.69) is 4.90 Å². The van der Waals surface area contributed by atoms with Crippen LogP contribution in [0.5, 0.6) is 0 Å². The first-order valence-corrected chi connectivity index (χ1v) is 8.56. The van der Waals surface area contributed by atoms with Crippen LogP contribution in [0.2, 0.25) is 0 Å². The number of hydrogen-bond acceptors (Lipinski definition) is 3. The Balaban J connectivity index is 1.56.